The van der Waals surface area contributed by atoms with Gasteiger partial charge in [-0.1, -0.05) is 18.2 Å². The van der Waals surface area contributed by atoms with Crippen molar-refractivity contribution in [3.05, 3.63) is 48.0 Å². The maximum absolute atomic E-state index is 12.9. The fraction of sp³-hybridized carbons (Fsp3) is 0.350. The van der Waals surface area contributed by atoms with Crippen LogP contribution in [0.4, 0.5) is 5.69 Å². The zero-order chi connectivity index (χ0) is 17.9. The van der Waals surface area contributed by atoms with Crippen LogP contribution in [0, 0.1) is 0 Å². The van der Waals surface area contributed by atoms with Gasteiger partial charge in [-0.2, -0.15) is 0 Å². The van der Waals surface area contributed by atoms with E-state index in [1.165, 1.54) is 0 Å². The van der Waals surface area contributed by atoms with Crippen molar-refractivity contribution in [3.8, 4) is 17.2 Å². The number of amides is 1. The minimum absolute atomic E-state index is 0.115. The number of nitrogens with one attached hydrogen (secondary N) is 1. The molecule has 1 N–H and O–H groups in total. The molecule has 3 rings (SSSR count). The van der Waals surface area contributed by atoms with Gasteiger partial charge in [-0.15, -0.1) is 0 Å². The molecule has 0 aliphatic carbocycles. The van der Waals surface area contributed by atoms with E-state index in [1.54, 1.807) is 0 Å². The zero-order valence-corrected chi connectivity index (χ0v) is 14.8. The summed E-state index contributed by atoms with van der Waals surface area (Å²) >= 11 is 0. The van der Waals surface area contributed by atoms with Gasteiger partial charge >= 0.3 is 0 Å². The molecule has 1 amide bonds. The molecule has 2 aromatic carbocycles. The number of rotatable bonds is 5. The summed E-state index contributed by atoms with van der Waals surface area (Å²) in [5.74, 6) is 1.94. The highest BCUT2D eigenvalue weighted by Gasteiger charge is 2.31. The van der Waals surface area contributed by atoms with Crippen LogP contribution in [0.3, 0.4) is 0 Å². The summed E-state index contributed by atoms with van der Waals surface area (Å²) in [5, 5.41) is 2.98. The van der Waals surface area contributed by atoms with Crippen molar-refractivity contribution in [1.82, 2.24) is 0 Å². The number of benzene rings is 2. The van der Waals surface area contributed by atoms with Crippen molar-refractivity contribution in [2.75, 3.05) is 25.1 Å². The molecule has 1 aliphatic heterocycles. The number of carbonyl (C=O) groups is 1. The molecular formula is C20H23NO4. The van der Waals surface area contributed by atoms with E-state index in [0.29, 0.717) is 42.8 Å². The lowest BCUT2D eigenvalue weighted by atomic mass is 9.83. The Bertz CT molecular complexity index is 770. The van der Waals surface area contributed by atoms with Crippen LogP contribution in [0.2, 0.25) is 0 Å². The number of ether oxygens (including phenoxy) is 3. The van der Waals surface area contributed by atoms with Crippen LogP contribution in [0.5, 0.6) is 17.2 Å². The average Bonchev–Trinajstić information content (AvgIpc) is 2.63. The van der Waals surface area contributed by atoms with Crippen molar-refractivity contribution in [1.29, 1.82) is 0 Å². The molecule has 0 fully saturated rings. The van der Waals surface area contributed by atoms with Crippen LogP contribution in [0.25, 0.3) is 0 Å². The Morgan fingerprint density at radius 2 is 1.84 bits per heavy atom. The lowest BCUT2D eigenvalue weighted by molar-refractivity contribution is -0.120. The fourth-order valence-corrected chi connectivity index (χ4v) is 2.69. The van der Waals surface area contributed by atoms with Crippen LogP contribution in [-0.4, -0.2) is 25.7 Å². The highest BCUT2D eigenvalue weighted by atomic mass is 16.6. The summed E-state index contributed by atoms with van der Waals surface area (Å²) in [4.78, 5) is 12.9. The highest BCUT2D eigenvalue weighted by Crippen LogP contribution is 2.36. The first-order chi connectivity index (χ1) is 12.0. The Balaban J connectivity index is 1.83. The van der Waals surface area contributed by atoms with Crippen LogP contribution in [0.15, 0.2) is 42.5 Å². The molecule has 0 aromatic heterocycles. The summed E-state index contributed by atoms with van der Waals surface area (Å²) < 4.78 is 16.8. The van der Waals surface area contributed by atoms with Gasteiger partial charge in [0.2, 0.25) is 5.91 Å². The van der Waals surface area contributed by atoms with E-state index < -0.39 is 5.41 Å². The van der Waals surface area contributed by atoms with E-state index in [9.17, 15) is 4.79 Å². The van der Waals surface area contributed by atoms with E-state index in [0.717, 1.165) is 5.56 Å². The Kier molecular flexibility index (Phi) is 4.83. The third-order valence-corrected chi connectivity index (χ3v) is 4.27. The minimum Gasteiger partial charge on any atom is -0.492 e. The van der Waals surface area contributed by atoms with E-state index >= 15 is 0 Å². The Labute approximate surface area is 147 Å². The van der Waals surface area contributed by atoms with Gasteiger partial charge in [-0.3, -0.25) is 4.79 Å². The van der Waals surface area contributed by atoms with Crippen LogP contribution in [0.1, 0.15) is 26.3 Å². The highest BCUT2D eigenvalue weighted by molar-refractivity contribution is 5.99. The number of para-hydroxylation sites is 2. The molecule has 1 aliphatic rings. The van der Waals surface area contributed by atoms with Gasteiger partial charge in [-0.05, 0) is 50.6 Å². The molecule has 5 nitrogen and oxygen atoms in total. The Morgan fingerprint density at radius 3 is 2.60 bits per heavy atom. The topological polar surface area (TPSA) is 56.8 Å². The maximum Gasteiger partial charge on any atom is 0.234 e. The van der Waals surface area contributed by atoms with Gasteiger partial charge in [0.1, 0.15) is 19.0 Å². The van der Waals surface area contributed by atoms with Crippen LogP contribution < -0.4 is 19.5 Å². The molecule has 0 unspecified atom stereocenters. The summed E-state index contributed by atoms with van der Waals surface area (Å²) in [6.45, 7) is 7.29. The second-order valence-corrected chi connectivity index (χ2v) is 6.37. The van der Waals surface area contributed by atoms with Gasteiger partial charge in [0.05, 0.1) is 17.7 Å². The van der Waals surface area contributed by atoms with Crippen molar-refractivity contribution in [3.63, 3.8) is 0 Å². The molecule has 5 heteroatoms. The van der Waals surface area contributed by atoms with Gasteiger partial charge in [0, 0.05) is 0 Å². The monoisotopic (exact) mass is 341 g/mol. The molecule has 0 saturated heterocycles. The minimum atomic E-state index is -0.741. The van der Waals surface area contributed by atoms with E-state index in [4.69, 9.17) is 14.2 Å². The molecule has 2 aromatic rings. The first kappa shape index (κ1) is 17.1. The SMILES string of the molecule is CCOc1ccccc1NC(=O)C(C)(C)c1ccc2c(c1)OCCO2. The molecule has 25 heavy (non-hydrogen) atoms. The summed E-state index contributed by atoms with van der Waals surface area (Å²) in [6.07, 6.45) is 0. The van der Waals surface area contributed by atoms with Gasteiger partial charge in [-0.25, -0.2) is 0 Å². The van der Waals surface area contributed by atoms with E-state index in [2.05, 4.69) is 5.32 Å². The van der Waals surface area contributed by atoms with Gasteiger partial charge in [0.25, 0.3) is 0 Å². The average molecular weight is 341 g/mol. The Hall–Kier alpha value is -2.69. The largest absolute Gasteiger partial charge is 0.492 e. The predicted molar refractivity (Wildman–Crippen MR) is 96.7 cm³/mol. The number of anilines is 1. The van der Waals surface area contributed by atoms with Crippen molar-refractivity contribution < 1.29 is 19.0 Å². The molecule has 0 spiro atoms. The number of hydrogen-bond acceptors (Lipinski definition) is 4. The molecule has 1 heterocycles. The predicted octanol–water partition coefficient (Wildman–Crippen LogP) is 3.77. The summed E-state index contributed by atoms with van der Waals surface area (Å²) in [7, 11) is 0. The first-order valence-corrected chi connectivity index (χ1v) is 8.46. The van der Waals surface area contributed by atoms with E-state index in [-0.39, 0.29) is 5.91 Å². The van der Waals surface area contributed by atoms with Gasteiger partial charge < -0.3 is 19.5 Å². The zero-order valence-electron chi connectivity index (χ0n) is 14.8. The second-order valence-electron chi connectivity index (χ2n) is 6.37. The quantitative estimate of drug-likeness (QED) is 0.899. The van der Waals surface area contributed by atoms with Gasteiger partial charge in [0.15, 0.2) is 11.5 Å². The van der Waals surface area contributed by atoms with E-state index in [1.807, 2.05) is 63.2 Å². The molecule has 0 radical (unpaired) electrons. The molecular weight excluding hydrogens is 318 g/mol. The number of hydrogen-bond donors (Lipinski definition) is 1. The number of carbonyl (C=O) groups excluding carboxylic acids is 1. The van der Waals surface area contributed by atoms with Crippen molar-refractivity contribution >= 4 is 11.6 Å². The maximum atomic E-state index is 12.9. The lowest BCUT2D eigenvalue weighted by Crippen LogP contribution is -2.35. The summed E-state index contributed by atoms with van der Waals surface area (Å²) in [6, 6.07) is 13.1. The lowest BCUT2D eigenvalue weighted by Gasteiger charge is -2.27. The molecule has 0 atom stereocenters. The smallest absolute Gasteiger partial charge is 0.234 e. The van der Waals surface area contributed by atoms with Crippen LogP contribution in [-0.2, 0) is 10.2 Å². The molecule has 0 bridgehead atoms. The van der Waals surface area contributed by atoms with Crippen molar-refractivity contribution in [2.45, 2.75) is 26.2 Å². The second kappa shape index (κ2) is 7.05. The van der Waals surface area contributed by atoms with Crippen LogP contribution >= 0.6 is 0 Å². The molecule has 0 saturated carbocycles. The standard InChI is InChI=1S/C20H23NO4/c1-4-23-16-8-6-5-7-15(16)21-19(22)20(2,3)14-9-10-17-18(13-14)25-12-11-24-17/h5-10,13H,4,11-12H2,1-3H3,(H,21,22). The fourth-order valence-electron chi connectivity index (χ4n) is 2.69. The number of fused-ring (bicyclic) bond motifs is 1. The first-order valence-electron chi connectivity index (χ1n) is 8.46. The van der Waals surface area contributed by atoms with Crippen molar-refractivity contribution in [2.24, 2.45) is 0 Å². The third kappa shape index (κ3) is 3.55. The Morgan fingerprint density at radius 1 is 1.12 bits per heavy atom. The summed E-state index contributed by atoms with van der Waals surface area (Å²) in [5.41, 5.74) is 0.790. The third-order valence-electron chi connectivity index (χ3n) is 4.27. The molecule has 132 valence electrons. The normalized spacial score (nSPS) is 13.2.